The first kappa shape index (κ1) is 17.7. The van der Waals surface area contributed by atoms with Gasteiger partial charge in [0.2, 0.25) is 5.95 Å². The highest BCUT2D eigenvalue weighted by atomic mass is 16.5. The molecular formula is C17H22N6O3. The van der Waals surface area contributed by atoms with Crippen LogP contribution in [0.5, 0.6) is 11.5 Å². The lowest BCUT2D eigenvalue weighted by Gasteiger charge is -2.12. The molecule has 0 aliphatic heterocycles. The predicted octanol–water partition coefficient (Wildman–Crippen LogP) is 1.27. The number of anilines is 2. The summed E-state index contributed by atoms with van der Waals surface area (Å²) < 4.78 is 12.6. The van der Waals surface area contributed by atoms with E-state index in [-0.39, 0.29) is 5.95 Å². The van der Waals surface area contributed by atoms with E-state index in [9.17, 15) is 5.11 Å². The number of aliphatic hydroxyl groups is 1. The Kier molecular flexibility index (Phi) is 5.08. The van der Waals surface area contributed by atoms with E-state index in [1.54, 1.807) is 32.0 Å². The van der Waals surface area contributed by atoms with Gasteiger partial charge in [-0.25, -0.2) is 4.98 Å². The van der Waals surface area contributed by atoms with Crippen LogP contribution in [0.25, 0.3) is 11.0 Å². The van der Waals surface area contributed by atoms with Gasteiger partial charge < -0.3 is 25.6 Å². The van der Waals surface area contributed by atoms with Gasteiger partial charge in [0, 0.05) is 6.54 Å². The van der Waals surface area contributed by atoms with Crippen LogP contribution in [0.3, 0.4) is 0 Å². The van der Waals surface area contributed by atoms with Crippen molar-refractivity contribution in [2.45, 2.75) is 19.6 Å². The van der Waals surface area contributed by atoms with Gasteiger partial charge in [0.1, 0.15) is 17.0 Å². The SMILES string of the molecule is COc1cccc(OC)c1Cn1cc2nc(N)nc(NCC(C)O)c2n1. The molecule has 2 heterocycles. The van der Waals surface area contributed by atoms with Gasteiger partial charge >= 0.3 is 0 Å². The standard InChI is InChI=1S/C17H22N6O3/c1-10(24)7-19-16-15-12(20-17(18)21-16)9-23(22-15)8-11-13(25-2)5-4-6-14(11)26-3/h4-6,9-10,24H,7-8H2,1-3H3,(H3,18,19,20,21). The number of aliphatic hydroxyl groups excluding tert-OH is 1. The molecule has 0 aliphatic carbocycles. The molecule has 0 radical (unpaired) electrons. The Bertz CT molecular complexity index is 887. The lowest BCUT2D eigenvalue weighted by atomic mass is 10.1. The summed E-state index contributed by atoms with van der Waals surface area (Å²) in [5.41, 5.74) is 7.84. The number of nitrogens with zero attached hydrogens (tertiary/aromatic N) is 4. The molecule has 3 rings (SSSR count). The van der Waals surface area contributed by atoms with Crippen LogP contribution in [0.15, 0.2) is 24.4 Å². The van der Waals surface area contributed by atoms with Crippen LogP contribution in [0, 0.1) is 0 Å². The van der Waals surface area contributed by atoms with Gasteiger partial charge in [0.25, 0.3) is 0 Å². The van der Waals surface area contributed by atoms with Crippen molar-refractivity contribution in [1.29, 1.82) is 0 Å². The summed E-state index contributed by atoms with van der Waals surface area (Å²) in [5.74, 6) is 2.04. The van der Waals surface area contributed by atoms with E-state index in [1.165, 1.54) is 0 Å². The number of aromatic nitrogens is 4. The van der Waals surface area contributed by atoms with Crippen molar-refractivity contribution in [3.8, 4) is 11.5 Å². The fraction of sp³-hybridized carbons (Fsp3) is 0.353. The van der Waals surface area contributed by atoms with Crippen LogP contribution in [0.1, 0.15) is 12.5 Å². The number of fused-ring (bicyclic) bond motifs is 1. The van der Waals surface area contributed by atoms with Crippen LogP contribution >= 0.6 is 0 Å². The van der Waals surface area contributed by atoms with Gasteiger partial charge in [-0.1, -0.05) is 6.07 Å². The maximum Gasteiger partial charge on any atom is 0.222 e. The van der Waals surface area contributed by atoms with Crippen LogP contribution in [-0.2, 0) is 6.54 Å². The Hall–Kier alpha value is -3.07. The van der Waals surface area contributed by atoms with E-state index in [0.717, 1.165) is 5.56 Å². The number of nitrogens with one attached hydrogen (secondary N) is 1. The van der Waals surface area contributed by atoms with Crippen molar-refractivity contribution >= 4 is 22.8 Å². The molecule has 1 atom stereocenters. The Morgan fingerprint density at radius 2 is 1.92 bits per heavy atom. The average molecular weight is 358 g/mol. The molecule has 1 unspecified atom stereocenters. The molecule has 4 N–H and O–H groups in total. The third-order valence-electron chi connectivity index (χ3n) is 3.84. The third kappa shape index (κ3) is 3.62. The van der Waals surface area contributed by atoms with Crippen molar-refractivity contribution in [1.82, 2.24) is 19.7 Å². The largest absolute Gasteiger partial charge is 0.496 e. The first-order chi connectivity index (χ1) is 12.5. The van der Waals surface area contributed by atoms with E-state index in [1.807, 2.05) is 18.2 Å². The molecular weight excluding hydrogens is 336 g/mol. The van der Waals surface area contributed by atoms with Crippen molar-refractivity contribution in [3.63, 3.8) is 0 Å². The van der Waals surface area contributed by atoms with Gasteiger partial charge in [0.15, 0.2) is 11.3 Å². The molecule has 0 bridgehead atoms. The van der Waals surface area contributed by atoms with Crippen molar-refractivity contribution in [3.05, 3.63) is 30.0 Å². The van der Waals surface area contributed by atoms with Gasteiger partial charge in [0.05, 0.1) is 38.6 Å². The van der Waals surface area contributed by atoms with Gasteiger partial charge in [-0.2, -0.15) is 10.1 Å². The second kappa shape index (κ2) is 7.44. The lowest BCUT2D eigenvalue weighted by Crippen LogP contribution is -2.17. The maximum atomic E-state index is 9.48. The zero-order valence-corrected chi connectivity index (χ0v) is 14.9. The topological polar surface area (TPSA) is 120 Å². The number of hydrogen-bond acceptors (Lipinski definition) is 8. The summed E-state index contributed by atoms with van der Waals surface area (Å²) in [4.78, 5) is 8.41. The van der Waals surface area contributed by atoms with Crippen LogP contribution in [0.4, 0.5) is 11.8 Å². The molecule has 26 heavy (non-hydrogen) atoms. The number of methoxy groups -OCH3 is 2. The fourth-order valence-electron chi connectivity index (χ4n) is 2.67. The summed E-state index contributed by atoms with van der Waals surface area (Å²) in [6.07, 6.45) is 1.26. The maximum absolute atomic E-state index is 9.48. The number of ether oxygens (including phenoxy) is 2. The number of hydrogen-bond donors (Lipinski definition) is 3. The van der Waals surface area contributed by atoms with E-state index < -0.39 is 6.10 Å². The number of nitrogens with two attached hydrogens (primary N) is 1. The number of nitrogen functional groups attached to an aromatic ring is 1. The van der Waals surface area contributed by atoms with Crippen molar-refractivity contribution in [2.75, 3.05) is 31.8 Å². The zero-order valence-electron chi connectivity index (χ0n) is 14.9. The summed E-state index contributed by atoms with van der Waals surface area (Å²) in [5, 5.41) is 17.1. The van der Waals surface area contributed by atoms with Gasteiger partial charge in [-0.15, -0.1) is 0 Å². The highest BCUT2D eigenvalue weighted by molar-refractivity contribution is 5.85. The summed E-state index contributed by atoms with van der Waals surface area (Å²) >= 11 is 0. The van der Waals surface area contributed by atoms with Gasteiger partial charge in [-0.3, -0.25) is 4.68 Å². The van der Waals surface area contributed by atoms with Crippen molar-refractivity contribution in [2.24, 2.45) is 0 Å². The summed E-state index contributed by atoms with van der Waals surface area (Å²) in [6, 6.07) is 5.61. The van der Waals surface area contributed by atoms with E-state index >= 15 is 0 Å². The van der Waals surface area contributed by atoms with Gasteiger partial charge in [-0.05, 0) is 19.1 Å². The quantitative estimate of drug-likeness (QED) is 0.577. The molecule has 1 aromatic carbocycles. The molecule has 0 aliphatic rings. The average Bonchev–Trinajstić information content (AvgIpc) is 3.02. The second-order valence-electron chi connectivity index (χ2n) is 5.86. The minimum Gasteiger partial charge on any atom is -0.496 e. The second-order valence-corrected chi connectivity index (χ2v) is 5.86. The number of rotatable bonds is 7. The van der Waals surface area contributed by atoms with E-state index in [4.69, 9.17) is 15.2 Å². The van der Waals surface area contributed by atoms with Crippen LogP contribution in [-0.4, -0.2) is 51.7 Å². The molecule has 0 saturated heterocycles. The molecule has 0 saturated carbocycles. The number of benzene rings is 1. The van der Waals surface area contributed by atoms with Crippen LogP contribution < -0.4 is 20.5 Å². The van der Waals surface area contributed by atoms with E-state index in [2.05, 4.69) is 20.4 Å². The Morgan fingerprint density at radius 1 is 1.23 bits per heavy atom. The molecule has 9 nitrogen and oxygen atoms in total. The summed E-state index contributed by atoms with van der Waals surface area (Å²) in [6.45, 7) is 2.44. The Balaban J connectivity index is 1.99. The predicted molar refractivity (Wildman–Crippen MR) is 98.6 cm³/mol. The normalized spacial score (nSPS) is 12.2. The highest BCUT2D eigenvalue weighted by Gasteiger charge is 2.15. The molecule has 3 aromatic rings. The fourth-order valence-corrected chi connectivity index (χ4v) is 2.67. The monoisotopic (exact) mass is 358 g/mol. The van der Waals surface area contributed by atoms with Crippen LogP contribution in [0.2, 0.25) is 0 Å². The van der Waals surface area contributed by atoms with Crippen molar-refractivity contribution < 1.29 is 14.6 Å². The molecule has 138 valence electrons. The lowest BCUT2D eigenvalue weighted by molar-refractivity contribution is 0.208. The minimum absolute atomic E-state index is 0.139. The smallest absolute Gasteiger partial charge is 0.222 e. The highest BCUT2D eigenvalue weighted by Crippen LogP contribution is 2.29. The zero-order chi connectivity index (χ0) is 18.7. The molecule has 0 spiro atoms. The molecule has 0 fully saturated rings. The Morgan fingerprint density at radius 3 is 2.54 bits per heavy atom. The third-order valence-corrected chi connectivity index (χ3v) is 3.84. The minimum atomic E-state index is -0.527. The molecule has 0 amide bonds. The first-order valence-electron chi connectivity index (χ1n) is 8.14. The molecule has 9 heteroatoms. The summed E-state index contributed by atoms with van der Waals surface area (Å²) in [7, 11) is 3.23. The van der Waals surface area contributed by atoms with E-state index in [0.29, 0.717) is 41.4 Å². The first-order valence-corrected chi connectivity index (χ1v) is 8.14. The molecule has 2 aromatic heterocycles. The Labute approximate surface area is 150 Å².